The van der Waals surface area contributed by atoms with Crippen molar-refractivity contribution in [2.24, 2.45) is 5.92 Å². The van der Waals surface area contributed by atoms with Gasteiger partial charge in [0.1, 0.15) is 11.7 Å². The van der Waals surface area contributed by atoms with Gasteiger partial charge in [0.2, 0.25) is 0 Å². The summed E-state index contributed by atoms with van der Waals surface area (Å²) in [6.45, 7) is 2.55. The molecular weight excluding hydrogens is 244 g/mol. The fourth-order valence-corrected chi connectivity index (χ4v) is 2.52. The quantitative estimate of drug-likeness (QED) is 0.901. The van der Waals surface area contributed by atoms with Crippen molar-refractivity contribution in [1.82, 2.24) is 9.88 Å². The molecule has 1 amide bonds. The van der Waals surface area contributed by atoms with Crippen LogP contribution < -0.4 is 0 Å². The first-order chi connectivity index (χ1) is 9.13. The molecule has 0 spiro atoms. The lowest BCUT2D eigenvalue weighted by molar-refractivity contribution is -0.144. The van der Waals surface area contributed by atoms with Crippen LogP contribution >= 0.6 is 0 Å². The maximum atomic E-state index is 12.3. The Morgan fingerprint density at radius 2 is 2.26 bits per heavy atom. The number of nitrogens with zero attached hydrogens (tertiary/aromatic N) is 2. The van der Waals surface area contributed by atoms with E-state index in [1.54, 1.807) is 24.4 Å². The number of aromatic nitrogens is 1. The number of hydrogen-bond donors (Lipinski definition) is 1. The van der Waals surface area contributed by atoms with Crippen molar-refractivity contribution in [2.45, 2.75) is 32.2 Å². The number of pyridine rings is 1. The van der Waals surface area contributed by atoms with Gasteiger partial charge in [-0.2, -0.15) is 0 Å². The Hall–Kier alpha value is -1.91. The second-order valence-corrected chi connectivity index (χ2v) is 4.87. The Labute approximate surface area is 112 Å². The van der Waals surface area contributed by atoms with Gasteiger partial charge in [0, 0.05) is 12.7 Å². The molecule has 2 heterocycles. The number of likely N-dealkylation sites (tertiary alicyclic amines) is 1. The van der Waals surface area contributed by atoms with E-state index in [2.05, 4.69) is 11.9 Å². The molecule has 5 nitrogen and oxygen atoms in total. The molecule has 1 aliphatic heterocycles. The number of rotatable bonds is 3. The zero-order valence-corrected chi connectivity index (χ0v) is 11.0. The number of piperidine rings is 1. The fraction of sp³-hybridized carbons (Fsp3) is 0.500. The van der Waals surface area contributed by atoms with E-state index in [1.807, 2.05) is 0 Å². The molecule has 2 unspecified atom stereocenters. The topological polar surface area (TPSA) is 70.5 Å². The van der Waals surface area contributed by atoms with E-state index in [9.17, 15) is 14.7 Å². The first-order valence-electron chi connectivity index (χ1n) is 6.58. The first-order valence-corrected chi connectivity index (χ1v) is 6.58. The van der Waals surface area contributed by atoms with E-state index >= 15 is 0 Å². The predicted octanol–water partition coefficient (Wildman–Crippen LogP) is 1.80. The summed E-state index contributed by atoms with van der Waals surface area (Å²) in [5.74, 6) is -0.834. The molecule has 0 saturated carbocycles. The average molecular weight is 262 g/mol. The van der Waals surface area contributed by atoms with E-state index in [1.165, 1.54) is 4.90 Å². The minimum absolute atomic E-state index is 0.289. The Morgan fingerprint density at radius 3 is 2.84 bits per heavy atom. The maximum Gasteiger partial charge on any atom is 0.326 e. The minimum Gasteiger partial charge on any atom is -0.480 e. The number of carboxylic acids is 1. The monoisotopic (exact) mass is 262 g/mol. The molecule has 1 aromatic rings. The summed E-state index contributed by atoms with van der Waals surface area (Å²) in [6, 6.07) is 4.35. The molecule has 5 heteroatoms. The highest BCUT2D eigenvalue weighted by Gasteiger charge is 2.36. The van der Waals surface area contributed by atoms with Crippen molar-refractivity contribution in [1.29, 1.82) is 0 Å². The highest BCUT2D eigenvalue weighted by Crippen LogP contribution is 2.26. The summed E-state index contributed by atoms with van der Waals surface area (Å²) in [7, 11) is 0. The summed E-state index contributed by atoms with van der Waals surface area (Å²) in [6.07, 6.45) is 3.89. The van der Waals surface area contributed by atoms with Gasteiger partial charge in [0.15, 0.2) is 0 Å². The van der Waals surface area contributed by atoms with Gasteiger partial charge >= 0.3 is 5.97 Å². The predicted molar refractivity (Wildman–Crippen MR) is 69.7 cm³/mol. The zero-order chi connectivity index (χ0) is 13.8. The Bertz CT molecular complexity index is 461. The molecule has 2 rings (SSSR count). The highest BCUT2D eigenvalue weighted by atomic mass is 16.4. The van der Waals surface area contributed by atoms with Crippen molar-refractivity contribution in [2.75, 3.05) is 6.54 Å². The lowest BCUT2D eigenvalue weighted by Gasteiger charge is -2.36. The van der Waals surface area contributed by atoms with Crippen molar-refractivity contribution in [3.63, 3.8) is 0 Å². The zero-order valence-electron chi connectivity index (χ0n) is 11.0. The van der Waals surface area contributed by atoms with Crippen LogP contribution in [0.1, 0.15) is 36.7 Å². The molecule has 0 aliphatic carbocycles. The van der Waals surface area contributed by atoms with Crippen LogP contribution in [0, 0.1) is 5.92 Å². The van der Waals surface area contributed by atoms with Crippen LogP contribution in [0.2, 0.25) is 0 Å². The summed E-state index contributed by atoms with van der Waals surface area (Å²) >= 11 is 0. The van der Waals surface area contributed by atoms with Crippen molar-refractivity contribution < 1.29 is 14.7 Å². The maximum absolute atomic E-state index is 12.3. The molecule has 0 radical (unpaired) electrons. The van der Waals surface area contributed by atoms with Crippen LogP contribution in [0.3, 0.4) is 0 Å². The van der Waals surface area contributed by atoms with E-state index in [0.29, 0.717) is 24.6 Å². The largest absolute Gasteiger partial charge is 0.480 e. The number of carbonyl (C=O) groups excluding carboxylic acids is 1. The summed E-state index contributed by atoms with van der Waals surface area (Å²) in [4.78, 5) is 29.1. The van der Waals surface area contributed by atoms with E-state index < -0.39 is 12.0 Å². The lowest BCUT2D eigenvalue weighted by Crippen LogP contribution is -2.50. The normalized spacial score (nSPS) is 23.1. The summed E-state index contributed by atoms with van der Waals surface area (Å²) in [5.41, 5.74) is 0.309. The molecule has 1 N–H and O–H groups in total. The molecule has 0 bridgehead atoms. The van der Waals surface area contributed by atoms with Gasteiger partial charge in [-0.1, -0.05) is 19.4 Å². The second kappa shape index (κ2) is 5.82. The third kappa shape index (κ3) is 2.92. The Balaban J connectivity index is 2.18. The van der Waals surface area contributed by atoms with Crippen molar-refractivity contribution in [3.05, 3.63) is 30.1 Å². The molecule has 1 aromatic heterocycles. The first kappa shape index (κ1) is 13.5. The summed E-state index contributed by atoms with van der Waals surface area (Å²) < 4.78 is 0. The third-order valence-corrected chi connectivity index (χ3v) is 3.72. The standard InChI is InChI=1S/C14H18N2O3/c1-2-10-6-8-16(12(9-10)14(18)19)13(17)11-5-3-4-7-15-11/h3-5,7,10,12H,2,6,8-9H2,1H3,(H,18,19). The molecule has 1 aliphatic rings. The lowest BCUT2D eigenvalue weighted by atomic mass is 9.88. The second-order valence-electron chi connectivity index (χ2n) is 4.87. The minimum atomic E-state index is -0.928. The molecule has 1 saturated heterocycles. The van der Waals surface area contributed by atoms with Gasteiger partial charge < -0.3 is 10.0 Å². The van der Waals surface area contributed by atoms with E-state index in [-0.39, 0.29) is 5.91 Å². The van der Waals surface area contributed by atoms with Gasteiger partial charge in [-0.05, 0) is 30.9 Å². The van der Waals surface area contributed by atoms with Crippen LogP contribution in [0.5, 0.6) is 0 Å². The van der Waals surface area contributed by atoms with Gasteiger partial charge in [-0.25, -0.2) is 4.79 Å². The van der Waals surface area contributed by atoms with Crippen LogP contribution in [0.15, 0.2) is 24.4 Å². The number of aliphatic carboxylic acids is 1. The van der Waals surface area contributed by atoms with Gasteiger partial charge in [0.05, 0.1) is 0 Å². The van der Waals surface area contributed by atoms with Crippen LogP contribution in [-0.4, -0.2) is 39.5 Å². The Morgan fingerprint density at radius 1 is 1.47 bits per heavy atom. The van der Waals surface area contributed by atoms with E-state index in [0.717, 1.165) is 12.8 Å². The van der Waals surface area contributed by atoms with Crippen molar-refractivity contribution >= 4 is 11.9 Å². The van der Waals surface area contributed by atoms with Crippen LogP contribution in [-0.2, 0) is 4.79 Å². The molecular formula is C14H18N2O3. The van der Waals surface area contributed by atoms with E-state index in [4.69, 9.17) is 0 Å². The van der Waals surface area contributed by atoms with Crippen molar-refractivity contribution in [3.8, 4) is 0 Å². The smallest absolute Gasteiger partial charge is 0.326 e. The number of carbonyl (C=O) groups is 2. The van der Waals surface area contributed by atoms with Gasteiger partial charge in [-0.3, -0.25) is 9.78 Å². The molecule has 0 aromatic carbocycles. The molecule has 2 atom stereocenters. The number of hydrogen-bond acceptors (Lipinski definition) is 3. The third-order valence-electron chi connectivity index (χ3n) is 3.72. The fourth-order valence-electron chi connectivity index (χ4n) is 2.52. The van der Waals surface area contributed by atoms with Gasteiger partial charge in [0.25, 0.3) is 5.91 Å². The van der Waals surface area contributed by atoms with Crippen LogP contribution in [0.25, 0.3) is 0 Å². The Kier molecular flexibility index (Phi) is 4.14. The molecule has 1 fully saturated rings. The molecule has 102 valence electrons. The molecule has 19 heavy (non-hydrogen) atoms. The number of carboxylic acid groups (broad SMARTS) is 1. The van der Waals surface area contributed by atoms with Crippen LogP contribution in [0.4, 0.5) is 0 Å². The SMILES string of the molecule is CCC1CCN(C(=O)c2ccccn2)C(C(=O)O)C1. The highest BCUT2D eigenvalue weighted by molar-refractivity contribution is 5.95. The number of amides is 1. The van der Waals surface area contributed by atoms with Gasteiger partial charge in [-0.15, -0.1) is 0 Å². The summed E-state index contributed by atoms with van der Waals surface area (Å²) in [5, 5.41) is 9.30. The average Bonchev–Trinajstić information content (AvgIpc) is 2.46.